The number of nitrogens with zero attached hydrogens (tertiary/aromatic N) is 2. The molecule has 182 valence electrons. The molecule has 0 bridgehead atoms. The topological polar surface area (TPSA) is 76.2 Å². The highest BCUT2D eigenvalue weighted by atomic mass is 35.5. The number of amides is 2. The summed E-state index contributed by atoms with van der Waals surface area (Å²) >= 11 is 18.0. The first-order valence-electron chi connectivity index (χ1n) is 10.7. The molecule has 1 saturated heterocycles. The Morgan fingerprint density at radius 2 is 1.74 bits per heavy atom. The summed E-state index contributed by atoms with van der Waals surface area (Å²) in [6.45, 7) is 2.69. The highest BCUT2D eigenvalue weighted by molar-refractivity contribution is 6.35. The SMILES string of the molecule is COC(=O)CCCN(Cc1ccc(Cl)cc1)C(=O)C1(C)CCN1C(=O)Oc1ccc(Cl)cc1Cl. The third-order valence-corrected chi connectivity index (χ3v) is 6.58. The van der Waals surface area contributed by atoms with Crippen molar-refractivity contribution in [2.75, 3.05) is 20.2 Å². The van der Waals surface area contributed by atoms with Gasteiger partial charge in [-0.3, -0.25) is 14.5 Å². The van der Waals surface area contributed by atoms with Crippen molar-refractivity contribution in [2.45, 2.75) is 38.3 Å². The normalized spacial score (nSPS) is 17.0. The fraction of sp³-hybridized carbons (Fsp3) is 0.375. The molecule has 7 nitrogen and oxygen atoms in total. The maximum atomic E-state index is 13.6. The molecule has 1 fully saturated rings. The minimum Gasteiger partial charge on any atom is -0.469 e. The zero-order valence-corrected chi connectivity index (χ0v) is 21.1. The molecule has 0 spiro atoms. The third-order valence-electron chi connectivity index (χ3n) is 5.80. The Labute approximate surface area is 213 Å². The molecule has 3 rings (SSSR count). The molecule has 1 aliphatic heterocycles. The van der Waals surface area contributed by atoms with Gasteiger partial charge in [0.1, 0.15) is 5.54 Å². The van der Waals surface area contributed by atoms with Gasteiger partial charge in [0.25, 0.3) is 0 Å². The molecular formula is C24H25Cl3N2O5. The van der Waals surface area contributed by atoms with Crippen molar-refractivity contribution in [1.29, 1.82) is 0 Å². The van der Waals surface area contributed by atoms with Gasteiger partial charge in [0.05, 0.1) is 12.1 Å². The summed E-state index contributed by atoms with van der Waals surface area (Å²) in [4.78, 5) is 41.1. The highest BCUT2D eigenvalue weighted by Gasteiger charge is 2.52. The molecule has 2 aromatic carbocycles. The van der Waals surface area contributed by atoms with E-state index in [4.69, 9.17) is 44.3 Å². The van der Waals surface area contributed by atoms with Gasteiger partial charge in [-0.2, -0.15) is 0 Å². The van der Waals surface area contributed by atoms with Crippen LogP contribution in [-0.2, 0) is 20.9 Å². The van der Waals surface area contributed by atoms with Crippen LogP contribution in [0.3, 0.4) is 0 Å². The predicted octanol–water partition coefficient (Wildman–Crippen LogP) is 5.59. The lowest BCUT2D eigenvalue weighted by atomic mass is 9.85. The van der Waals surface area contributed by atoms with Crippen molar-refractivity contribution < 1.29 is 23.9 Å². The van der Waals surface area contributed by atoms with Gasteiger partial charge in [0, 0.05) is 36.1 Å². The minimum atomic E-state index is -1.09. The maximum absolute atomic E-state index is 13.6. The third kappa shape index (κ3) is 6.14. The van der Waals surface area contributed by atoms with E-state index in [2.05, 4.69) is 0 Å². The quantitative estimate of drug-likeness (QED) is 0.418. The van der Waals surface area contributed by atoms with Gasteiger partial charge in [-0.1, -0.05) is 46.9 Å². The molecule has 34 heavy (non-hydrogen) atoms. The van der Waals surface area contributed by atoms with Gasteiger partial charge in [-0.25, -0.2) is 4.79 Å². The fourth-order valence-electron chi connectivity index (χ4n) is 3.70. The van der Waals surface area contributed by atoms with Crippen molar-refractivity contribution in [2.24, 2.45) is 0 Å². The number of ether oxygens (including phenoxy) is 2. The van der Waals surface area contributed by atoms with Crippen LogP contribution < -0.4 is 4.74 Å². The van der Waals surface area contributed by atoms with Gasteiger partial charge in [0.15, 0.2) is 5.75 Å². The number of hydrogen-bond donors (Lipinski definition) is 0. The summed E-state index contributed by atoms with van der Waals surface area (Å²) in [6.07, 6.45) is 0.404. The molecule has 0 N–H and O–H groups in total. The maximum Gasteiger partial charge on any atom is 0.416 e. The minimum absolute atomic E-state index is 0.161. The van der Waals surface area contributed by atoms with E-state index in [-0.39, 0.29) is 29.1 Å². The number of methoxy groups -OCH3 is 1. The van der Waals surface area contributed by atoms with Gasteiger partial charge < -0.3 is 14.4 Å². The fourth-order valence-corrected chi connectivity index (χ4v) is 4.27. The van der Waals surface area contributed by atoms with E-state index in [9.17, 15) is 14.4 Å². The number of benzene rings is 2. The van der Waals surface area contributed by atoms with Crippen LogP contribution in [0.1, 0.15) is 31.7 Å². The second-order valence-corrected chi connectivity index (χ2v) is 9.43. The number of esters is 1. The first kappa shape index (κ1) is 26.1. The van der Waals surface area contributed by atoms with Crippen molar-refractivity contribution in [3.05, 3.63) is 63.1 Å². The first-order valence-corrected chi connectivity index (χ1v) is 11.8. The molecule has 10 heteroatoms. The van der Waals surface area contributed by atoms with Crippen LogP contribution in [0.5, 0.6) is 5.75 Å². The molecule has 0 saturated carbocycles. The van der Waals surface area contributed by atoms with Gasteiger partial charge >= 0.3 is 12.1 Å². The lowest BCUT2D eigenvalue weighted by Gasteiger charge is -2.49. The molecule has 0 radical (unpaired) electrons. The van der Waals surface area contributed by atoms with Crippen molar-refractivity contribution >= 4 is 52.8 Å². The van der Waals surface area contributed by atoms with Crippen molar-refractivity contribution in [1.82, 2.24) is 9.80 Å². The monoisotopic (exact) mass is 526 g/mol. The summed E-state index contributed by atoms with van der Waals surface area (Å²) in [5, 5.41) is 1.20. The number of rotatable bonds is 8. The molecule has 2 amide bonds. The number of carbonyl (C=O) groups excluding carboxylic acids is 3. The lowest BCUT2D eigenvalue weighted by Crippen LogP contribution is -2.68. The second kappa shape index (κ2) is 11.3. The van der Waals surface area contributed by atoms with Crippen molar-refractivity contribution in [3.63, 3.8) is 0 Å². The van der Waals surface area contributed by atoms with Crippen LogP contribution in [-0.4, -0.2) is 53.5 Å². The number of hydrogen-bond acceptors (Lipinski definition) is 5. The first-order chi connectivity index (χ1) is 16.1. The summed E-state index contributed by atoms with van der Waals surface area (Å²) in [5.74, 6) is -0.426. The standard InChI is InChI=1S/C24H25Cl3N2O5/c1-24(11-13-29(24)23(32)34-20-10-9-18(26)14-19(20)27)22(31)28(12-3-4-21(30)33-2)15-16-5-7-17(25)8-6-16/h5-10,14H,3-4,11-13,15H2,1-2H3. The van der Waals surface area contributed by atoms with Crippen LogP contribution in [0.15, 0.2) is 42.5 Å². The van der Waals surface area contributed by atoms with Crippen LogP contribution in [0.25, 0.3) is 0 Å². The zero-order chi connectivity index (χ0) is 24.9. The molecule has 1 atom stereocenters. The smallest absolute Gasteiger partial charge is 0.416 e. The Kier molecular flexibility index (Phi) is 8.68. The largest absolute Gasteiger partial charge is 0.469 e. The Hall–Kier alpha value is -2.48. The molecule has 1 heterocycles. The van der Waals surface area contributed by atoms with Crippen LogP contribution >= 0.6 is 34.8 Å². The van der Waals surface area contributed by atoms with Gasteiger partial charge in [-0.05, 0) is 55.7 Å². The molecule has 1 aliphatic rings. The average Bonchev–Trinajstić information content (AvgIpc) is 2.79. The zero-order valence-electron chi connectivity index (χ0n) is 18.9. The Morgan fingerprint density at radius 1 is 1.06 bits per heavy atom. The van der Waals surface area contributed by atoms with E-state index in [0.717, 1.165) is 5.56 Å². The van der Waals surface area contributed by atoms with Crippen LogP contribution in [0, 0.1) is 0 Å². The van der Waals surface area contributed by atoms with E-state index in [1.807, 2.05) is 12.1 Å². The molecule has 1 unspecified atom stereocenters. The molecular weight excluding hydrogens is 503 g/mol. The van der Waals surface area contributed by atoms with E-state index in [1.54, 1.807) is 30.0 Å². The second-order valence-electron chi connectivity index (χ2n) is 8.15. The molecule has 2 aromatic rings. The van der Waals surface area contributed by atoms with Gasteiger partial charge in [0.2, 0.25) is 5.91 Å². The van der Waals surface area contributed by atoms with Crippen LogP contribution in [0.2, 0.25) is 15.1 Å². The summed E-state index contributed by atoms with van der Waals surface area (Å²) < 4.78 is 10.1. The molecule has 0 aliphatic carbocycles. The van der Waals surface area contributed by atoms with Crippen molar-refractivity contribution in [3.8, 4) is 5.75 Å². The average molecular weight is 528 g/mol. The number of likely N-dealkylation sites (tertiary alicyclic amines) is 1. The van der Waals surface area contributed by atoms with E-state index in [0.29, 0.717) is 42.5 Å². The Bertz CT molecular complexity index is 1060. The predicted molar refractivity (Wildman–Crippen MR) is 130 cm³/mol. The van der Waals surface area contributed by atoms with Crippen LogP contribution in [0.4, 0.5) is 4.79 Å². The number of halogens is 3. The van der Waals surface area contributed by atoms with E-state index >= 15 is 0 Å². The Balaban J connectivity index is 1.75. The van der Waals surface area contributed by atoms with Gasteiger partial charge in [-0.15, -0.1) is 0 Å². The number of carbonyl (C=O) groups is 3. The summed E-state index contributed by atoms with van der Waals surface area (Å²) in [6, 6.07) is 11.7. The highest BCUT2D eigenvalue weighted by Crippen LogP contribution is 2.35. The molecule has 0 aromatic heterocycles. The summed E-state index contributed by atoms with van der Waals surface area (Å²) in [7, 11) is 1.32. The Morgan fingerprint density at radius 3 is 2.32 bits per heavy atom. The van der Waals surface area contributed by atoms with E-state index < -0.39 is 11.6 Å². The van der Waals surface area contributed by atoms with E-state index in [1.165, 1.54) is 24.1 Å². The summed E-state index contributed by atoms with van der Waals surface area (Å²) in [5.41, 5.74) is -0.214. The lowest BCUT2D eigenvalue weighted by molar-refractivity contribution is -0.151.